The molecule has 0 aliphatic rings. The first-order chi connectivity index (χ1) is 16.6. The average molecular weight is 451 g/mol. The minimum absolute atomic E-state index is 0.0691. The number of hydrogen-bond donors (Lipinski definition) is 1. The van der Waals surface area contributed by atoms with Crippen LogP contribution in [0.5, 0.6) is 5.75 Å². The van der Waals surface area contributed by atoms with Crippen molar-refractivity contribution in [2.75, 3.05) is 12.4 Å². The van der Waals surface area contributed by atoms with Gasteiger partial charge in [-0.1, -0.05) is 43.0 Å². The molecule has 5 aromatic rings. The van der Waals surface area contributed by atoms with Gasteiger partial charge in [-0.2, -0.15) is 0 Å². The highest BCUT2D eigenvalue weighted by atomic mass is 16.5. The highest BCUT2D eigenvalue weighted by Gasteiger charge is 2.16. The molecule has 3 heterocycles. The van der Waals surface area contributed by atoms with E-state index in [1.807, 2.05) is 47.9 Å². The molecule has 0 bridgehead atoms. The predicted octanol–water partition coefficient (Wildman–Crippen LogP) is 5.56. The number of pyridine rings is 1. The molecular weight excluding hydrogens is 424 g/mol. The Morgan fingerprint density at radius 1 is 1.12 bits per heavy atom. The molecule has 0 saturated heterocycles. The van der Waals surface area contributed by atoms with Crippen LogP contribution in [0.25, 0.3) is 28.0 Å². The van der Waals surface area contributed by atoms with Gasteiger partial charge >= 0.3 is 0 Å². The van der Waals surface area contributed by atoms with Gasteiger partial charge in [-0.25, -0.2) is 15.0 Å². The number of fused-ring (bicyclic) bond motifs is 2. The Kier molecular flexibility index (Phi) is 5.67. The second-order valence-electron chi connectivity index (χ2n) is 8.26. The zero-order chi connectivity index (χ0) is 23.7. The number of hydrogen-bond acceptors (Lipinski definition) is 6. The van der Waals surface area contributed by atoms with Crippen molar-refractivity contribution in [2.45, 2.75) is 26.4 Å². The van der Waals surface area contributed by atoms with Crippen molar-refractivity contribution in [3.05, 3.63) is 90.3 Å². The smallest absolute Gasteiger partial charge is 0.165 e. The third-order valence-electron chi connectivity index (χ3n) is 6.02. The van der Waals surface area contributed by atoms with Gasteiger partial charge < -0.3 is 14.6 Å². The summed E-state index contributed by atoms with van der Waals surface area (Å²) in [7, 11) is 1.66. The van der Waals surface area contributed by atoms with Crippen LogP contribution in [-0.4, -0.2) is 31.6 Å². The van der Waals surface area contributed by atoms with E-state index in [9.17, 15) is 0 Å². The molecule has 0 fully saturated rings. The number of benzene rings is 2. The van der Waals surface area contributed by atoms with E-state index in [1.54, 1.807) is 19.8 Å². The normalized spacial score (nSPS) is 12.1. The number of nitrogens with one attached hydrogen (secondary N) is 1. The van der Waals surface area contributed by atoms with Gasteiger partial charge in [0.15, 0.2) is 11.5 Å². The zero-order valence-corrected chi connectivity index (χ0v) is 19.5. The molecule has 0 amide bonds. The molecule has 170 valence electrons. The minimum atomic E-state index is -0.0691. The fourth-order valence-electron chi connectivity index (χ4n) is 4.27. The van der Waals surface area contributed by atoms with Crippen LogP contribution in [0.1, 0.15) is 35.5 Å². The fourth-order valence-corrected chi connectivity index (χ4v) is 4.27. The number of nitrogens with zero attached hydrogens (tertiary/aromatic N) is 5. The Morgan fingerprint density at radius 3 is 2.71 bits per heavy atom. The summed E-state index contributed by atoms with van der Waals surface area (Å²) in [6.45, 7) is 8.70. The lowest BCUT2D eigenvalue weighted by molar-refractivity contribution is 0.414. The molecule has 1 atom stereocenters. The lowest BCUT2D eigenvalue weighted by Crippen LogP contribution is -2.11. The third-order valence-corrected chi connectivity index (χ3v) is 6.02. The van der Waals surface area contributed by atoms with Crippen LogP contribution >= 0.6 is 0 Å². The van der Waals surface area contributed by atoms with Gasteiger partial charge in [-0.05, 0) is 48.6 Å². The summed E-state index contributed by atoms with van der Waals surface area (Å²) in [5.74, 6) is 1.52. The van der Waals surface area contributed by atoms with Crippen LogP contribution in [-0.2, 0) is 6.54 Å². The molecule has 7 heteroatoms. The third kappa shape index (κ3) is 3.96. The minimum Gasteiger partial charge on any atom is -0.497 e. The number of anilines is 1. The van der Waals surface area contributed by atoms with Crippen LogP contribution in [0.15, 0.2) is 67.8 Å². The SMILES string of the molecule is C=Cc1cccc2cc([C@H](C)Nc3ncnc4c3ncn4Cc3ccc(OC)cc3)nc(C)c12. The first kappa shape index (κ1) is 21.6. The van der Waals surface area contributed by atoms with E-state index in [4.69, 9.17) is 9.72 Å². The molecule has 7 nitrogen and oxygen atoms in total. The Bertz CT molecular complexity index is 1490. The van der Waals surface area contributed by atoms with Gasteiger partial charge in [0.2, 0.25) is 0 Å². The summed E-state index contributed by atoms with van der Waals surface area (Å²) in [6.07, 6.45) is 5.24. The zero-order valence-electron chi connectivity index (χ0n) is 19.5. The number of aromatic nitrogens is 5. The van der Waals surface area contributed by atoms with Gasteiger partial charge in [0.25, 0.3) is 0 Å². The highest BCUT2D eigenvalue weighted by Crippen LogP contribution is 2.28. The van der Waals surface area contributed by atoms with Gasteiger partial charge in [-0.3, -0.25) is 4.98 Å². The van der Waals surface area contributed by atoms with Crippen molar-refractivity contribution in [3.63, 3.8) is 0 Å². The maximum Gasteiger partial charge on any atom is 0.165 e. The summed E-state index contributed by atoms with van der Waals surface area (Å²) >= 11 is 0. The molecule has 1 N–H and O–H groups in total. The van der Waals surface area contributed by atoms with E-state index < -0.39 is 0 Å². The van der Waals surface area contributed by atoms with E-state index in [2.05, 4.69) is 52.0 Å². The van der Waals surface area contributed by atoms with Crippen molar-refractivity contribution in [3.8, 4) is 5.75 Å². The van der Waals surface area contributed by atoms with Crippen LogP contribution in [0.4, 0.5) is 5.82 Å². The topological polar surface area (TPSA) is 77.8 Å². The largest absolute Gasteiger partial charge is 0.497 e. The number of methoxy groups -OCH3 is 1. The molecule has 0 radical (unpaired) electrons. The summed E-state index contributed by atoms with van der Waals surface area (Å²) in [4.78, 5) is 18.4. The van der Waals surface area contributed by atoms with Gasteiger partial charge in [-0.15, -0.1) is 0 Å². The van der Waals surface area contributed by atoms with Crippen LogP contribution < -0.4 is 10.1 Å². The second kappa shape index (κ2) is 8.94. The van der Waals surface area contributed by atoms with Crippen LogP contribution in [0.3, 0.4) is 0 Å². The standard InChI is InChI=1S/C27H26N6O/c1-5-20-7-6-8-21-13-23(31-18(3)24(20)21)17(2)32-26-25-27(29-15-28-26)33(16-30-25)14-19-9-11-22(34-4)12-10-19/h5-13,15-17H,1,14H2,2-4H3,(H,28,29,32)/t17-/m0/s1. The van der Waals surface area contributed by atoms with Crippen LogP contribution in [0, 0.1) is 6.92 Å². The Hall–Kier alpha value is -4.26. The quantitative estimate of drug-likeness (QED) is 0.350. The van der Waals surface area contributed by atoms with E-state index in [-0.39, 0.29) is 6.04 Å². The van der Waals surface area contributed by atoms with Gasteiger partial charge in [0.05, 0.1) is 31.7 Å². The lowest BCUT2D eigenvalue weighted by Gasteiger charge is -2.16. The van der Waals surface area contributed by atoms with Gasteiger partial charge in [0.1, 0.15) is 17.6 Å². The lowest BCUT2D eigenvalue weighted by atomic mass is 10.0. The maximum atomic E-state index is 5.25. The van der Waals surface area contributed by atoms with Crippen molar-refractivity contribution >= 4 is 33.8 Å². The number of imidazole rings is 1. The van der Waals surface area contributed by atoms with Crippen LogP contribution in [0.2, 0.25) is 0 Å². The molecule has 3 aromatic heterocycles. The van der Waals surface area contributed by atoms with Crippen molar-refractivity contribution in [2.24, 2.45) is 0 Å². The summed E-state index contributed by atoms with van der Waals surface area (Å²) in [6, 6.07) is 16.3. The van der Waals surface area contributed by atoms with Crippen molar-refractivity contribution < 1.29 is 4.74 Å². The molecule has 0 unspecified atom stereocenters. The van der Waals surface area contributed by atoms with E-state index >= 15 is 0 Å². The average Bonchev–Trinajstić information content (AvgIpc) is 3.27. The monoisotopic (exact) mass is 450 g/mol. The van der Waals surface area contributed by atoms with E-state index in [0.717, 1.165) is 50.2 Å². The summed E-state index contributed by atoms with van der Waals surface area (Å²) < 4.78 is 7.27. The molecule has 0 aliphatic heterocycles. The molecule has 0 aliphatic carbocycles. The van der Waals surface area contributed by atoms with Crippen molar-refractivity contribution in [1.29, 1.82) is 0 Å². The molecule has 2 aromatic carbocycles. The van der Waals surface area contributed by atoms with E-state index in [0.29, 0.717) is 12.4 Å². The number of ether oxygens (including phenoxy) is 1. The second-order valence-corrected chi connectivity index (χ2v) is 8.26. The first-order valence-corrected chi connectivity index (χ1v) is 11.2. The Morgan fingerprint density at radius 2 is 1.94 bits per heavy atom. The highest BCUT2D eigenvalue weighted by molar-refractivity contribution is 5.92. The van der Waals surface area contributed by atoms with Crippen molar-refractivity contribution in [1.82, 2.24) is 24.5 Å². The number of aryl methyl sites for hydroxylation is 1. The molecule has 5 rings (SSSR count). The maximum absolute atomic E-state index is 5.25. The summed E-state index contributed by atoms with van der Waals surface area (Å²) in [5.41, 5.74) is 5.66. The molecule has 34 heavy (non-hydrogen) atoms. The Labute approximate surface area is 198 Å². The predicted molar refractivity (Wildman–Crippen MR) is 136 cm³/mol. The molecular formula is C27H26N6O. The molecule has 0 saturated carbocycles. The number of rotatable bonds is 7. The summed E-state index contributed by atoms with van der Waals surface area (Å²) in [5, 5.41) is 5.77. The Balaban J connectivity index is 1.43. The van der Waals surface area contributed by atoms with Gasteiger partial charge in [0, 0.05) is 11.1 Å². The molecule has 0 spiro atoms. The van der Waals surface area contributed by atoms with E-state index in [1.165, 1.54) is 0 Å². The fraction of sp³-hybridized carbons (Fsp3) is 0.185. The first-order valence-electron chi connectivity index (χ1n) is 11.2.